The minimum atomic E-state index is -4.12. The lowest BCUT2D eigenvalue weighted by Gasteiger charge is -2.18. The van der Waals surface area contributed by atoms with E-state index in [1.807, 2.05) is 0 Å². The molecule has 0 aliphatic carbocycles. The number of hydroxylamine groups is 1. The zero-order valence-corrected chi connectivity index (χ0v) is 12.1. The molecule has 1 aromatic carbocycles. The molecule has 0 aliphatic heterocycles. The van der Waals surface area contributed by atoms with E-state index in [2.05, 4.69) is 4.84 Å². The summed E-state index contributed by atoms with van der Waals surface area (Å²) in [6, 6.07) is 5.35. The molecule has 0 bridgehead atoms. The fraction of sp³-hybridized carbons (Fsp3) is 0.364. The molecule has 106 valence electrons. The first-order valence-electron chi connectivity index (χ1n) is 5.45. The average molecular weight is 308 g/mol. The Morgan fingerprint density at radius 1 is 1.32 bits per heavy atom. The SMILES string of the molecule is CCCOC(=O)N(OC)S(=O)(=O)c1ccc(Cl)cc1. The van der Waals surface area contributed by atoms with Crippen LogP contribution in [-0.4, -0.2) is 32.7 Å². The number of nitrogens with zero attached hydrogens (tertiary/aromatic N) is 1. The van der Waals surface area contributed by atoms with Crippen molar-refractivity contribution in [1.29, 1.82) is 0 Å². The molecular formula is C11H14ClNO5S. The van der Waals surface area contributed by atoms with E-state index in [-0.39, 0.29) is 16.0 Å². The molecule has 1 aromatic rings. The molecule has 1 amide bonds. The Morgan fingerprint density at radius 3 is 2.37 bits per heavy atom. The predicted molar refractivity (Wildman–Crippen MR) is 69.1 cm³/mol. The van der Waals surface area contributed by atoms with Crippen LogP contribution in [0.3, 0.4) is 0 Å². The van der Waals surface area contributed by atoms with Gasteiger partial charge in [-0.2, -0.15) is 8.42 Å². The van der Waals surface area contributed by atoms with Crippen molar-refractivity contribution in [3.8, 4) is 0 Å². The molecule has 0 aromatic heterocycles. The van der Waals surface area contributed by atoms with Gasteiger partial charge in [-0.15, -0.1) is 0 Å². The zero-order valence-electron chi connectivity index (χ0n) is 10.5. The summed E-state index contributed by atoms with van der Waals surface area (Å²) in [6.07, 6.45) is -0.510. The van der Waals surface area contributed by atoms with Crippen LogP contribution in [0.25, 0.3) is 0 Å². The van der Waals surface area contributed by atoms with Crippen LogP contribution in [0, 0.1) is 0 Å². The quantitative estimate of drug-likeness (QED) is 0.781. The summed E-state index contributed by atoms with van der Waals surface area (Å²) in [6.45, 7) is 1.90. The normalized spacial score (nSPS) is 11.1. The van der Waals surface area contributed by atoms with Gasteiger partial charge < -0.3 is 4.74 Å². The van der Waals surface area contributed by atoms with Crippen LogP contribution in [0.1, 0.15) is 13.3 Å². The van der Waals surface area contributed by atoms with Gasteiger partial charge in [0.25, 0.3) is 10.0 Å². The molecule has 0 unspecified atom stereocenters. The van der Waals surface area contributed by atoms with E-state index in [1.54, 1.807) is 6.92 Å². The number of halogens is 1. The summed E-state index contributed by atoms with van der Waals surface area (Å²) in [7, 11) is -3.05. The smallest absolute Gasteiger partial charge is 0.447 e. The second-order valence-electron chi connectivity index (χ2n) is 3.48. The summed E-state index contributed by atoms with van der Waals surface area (Å²) in [4.78, 5) is 16.1. The lowest BCUT2D eigenvalue weighted by atomic mass is 10.4. The van der Waals surface area contributed by atoms with Gasteiger partial charge in [-0.1, -0.05) is 23.0 Å². The molecular weight excluding hydrogens is 294 g/mol. The monoisotopic (exact) mass is 307 g/mol. The number of hydrogen-bond donors (Lipinski definition) is 0. The van der Waals surface area contributed by atoms with Crippen molar-refractivity contribution < 1.29 is 22.8 Å². The number of carbonyl (C=O) groups excluding carboxylic acids is 1. The third kappa shape index (κ3) is 3.82. The van der Waals surface area contributed by atoms with Gasteiger partial charge in [0.2, 0.25) is 0 Å². The Morgan fingerprint density at radius 2 is 1.89 bits per heavy atom. The van der Waals surface area contributed by atoms with Gasteiger partial charge in [-0.05, 0) is 30.7 Å². The molecule has 0 spiro atoms. The number of carbonyl (C=O) groups is 1. The number of rotatable bonds is 5. The van der Waals surface area contributed by atoms with E-state index in [0.717, 1.165) is 7.11 Å². The van der Waals surface area contributed by atoms with E-state index in [0.29, 0.717) is 11.4 Å². The number of ether oxygens (including phenoxy) is 1. The van der Waals surface area contributed by atoms with Gasteiger partial charge >= 0.3 is 6.09 Å². The first kappa shape index (κ1) is 15.7. The van der Waals surface area contributed by atoms with Crippen LogP contribution < -0.4 is 0 Å². The molecule has 0 fully saturated rings. The third-order valence-corrected chi connectivity index (χ3v) is 3.93. The first-order chi connectivity index (χ1) is 8.93. The molecule has 0 aliphatic rings. The third-order valence-electron chi connectivity index (χ3n) is 2.07. The van der Waals surface area contributed by atoms with Crippen molar-refractivity contribution in [2.75, 3.05) is 13.7 Å². The highest BCUT2D eigenvalue weighted by atomic mass is 35.5. The van der Waals surface area contributed by atoms with E-state index in [4.69, 9.17) is 16.3 Å². The molecule has 0 saturated heterocycles. The summed E-state index contributed by atoms with van der Waals surface area (Å²) in [5.41, 5.74) is 0. The molecule has 0 saturated carbocycles. The number of sulfonamides is 1. The van der Waals surface area contributed by atoms with E-state index < -0.39 is 16.1 Å². The Kier molecular flexibility index (Phi) is 5.59. The first-order valence-corrected chi connectivity index (χ1v) is 7.27. The van der Waals surface area contributed by atoms with Gasteiger partial charge in [-0.3, -0.25) is 4.84 Å². The van der Waals surface area contributed by atoms with Crippen molar-refractivity contribution in [1.82, 2.24) is 4.47 Å². The Balaban J connectivity index is 3.02. The minimum absolute atomic E-state index is 0.106. The highest BCUT2D eigenvalue weighted by molar-refractivity contribution is 7.89. The lowest BCUT2D eigenvalue weighted by molar-refractivity contribution is -0.0412. The van der Waals surface area contributed by atoms with Crippen LogP contribution in [-0.2, 0) is 19.6 Å². The fourth-order valence-electron chi connectivity index (χ4n) is 1.22. The molecule has 19 heavy (non-hydrogen) atoms. The molecule has 6 nitrogen and oxygen atoms in total. The van der Waals surface area contributed by atoms with E-state index >= 15 is 0 Å². The van der Waals surface area contributed by atoms with E-state index in [1.165, 1.54) is 24.3 Å². The van der Waals surface area contributed by atoms with Crippen LogP contribution in [0.15, 0.2) is 29.2 Å². The Bertz CT molecular complexity index is 529. The molecule has 0 N–H and O–H groups in total. The second-order valence-corrected chi connectivity index (χ2v) is 5.67. The maximum Gasteiger partial charge on any atom is 0.449 e. The largest absolute Gasteiger partial charge is 0.449 e. The minimum Gasteiger partial charge on any atom is -0.447 e. The van der Waals surface area contributed by atoms with Gasteiger partial charge in [0.15, 0.2) is 0 Å². The molecule has 0 radical (unpaired) electrons. The Labute approximate surface area is 116 Å². The highest BCUT2D eigenvalue weighted by Crippen LogP contribution is 2.19. The maximum absolute atomic E-state index is 12.1. The van der Waals surface area contributed by atoms with Gasteiger partial charge in [0.1, 0.15) is 0 Å². The standard InChI is InChI=1S/C11H14ClNO5S/c1-3-8-18-11(14)13(17-2)19(15,16)10-6-4-9(12)5-7-10/h4-7H,3,8H2,1-2H3. The Hall–Kier alpha value is -1.31. The van der Waals surface area contributed by atoms with Gasteiger partial charge in [0, 0.05) is 5.02 Å². The molecule has 8 heteroatoms. The topological polar surface area (TPSA) is 72.9 Å². The van der Waals surface area contributed by atoms with Crippen molar-refractivity contribution in [2.45, 2.75) is 18.2 Å². The van der Waals surface area contributed by atoms with Crippen LogP contribution in [0.2, 0.25) is 5.02 Å². The fourth-order valence-corrected chi connectivity index (χ4v) is 2.46. The molecule has 0 heterocycles. The van der Waals surface area contributed by atoms with Crippen molar-refractivity contribution in [3.63, 3.8) is 0 Å². The second kappa shape index (κ2) is 6.74. The molecule has 1 rings (SSSR count). The highest BCUT2D eigenvalue weighted by Gasteiger charge is 2.31. The number of amides is 1. The average Bonchev–Trinajstić information content (AvgIpc) is 2.37. The van der Waals surface area contributed by atoms with Crippen molar-refractivity contribution in [2.24, 2.45) is 0 Å². The predicted octanol–water partition coefficient (Wildman–Crippen LogP) is 2.44. The number of hydrogen-bond acceptors (Lipinski definition) is 5. The van der Waals surface area contributed by atoms with Crippen molar-refractivity contribution >= 4 is 27.7 Å². The zero-order chi connectivity index (χ0) is 14.5. The van der Waals surface area contributed by atoms with Crippen LogP contribution >= 0.6 is 11.6 Å². The van der Waals surface area contributed by atoms with Crippen molar-refractivity contribution in [3.05, 3.63) is 29.3 Å². The summed E-state index contributed by atoms with van der Waals surface area (Å²) in [5.74, 6) is 0. The van der Waals surface area contributed by atoms with E-state index in [9.17, 15) is 13.2 Å². The number of benzene rings is 1. The summed E-state index contributed by atoms with van der Waals surface area (Å²) in [5, 5.41) is 0.386. The van der Waals surface area contributed by atoms with Gasteiger partial charge in [-0.25, -0.2) is 4.79 Å². The van der Waals surface area contributed by atoms with Gasteiger partial charge in [0.05, 0.1) is 18.6 Å². The summed E-state index contributed by atoms with van der Waals surface area (Å²) >= 11 is 5.67. The lowest BCUT2D eigenvalue weighted by Crippen LogP contribution is -2.36. The van der Waals surface area contributed by atoms with Crippen LogP contribution in [0.5, 0.6) is 0 Å². The maximum atomic E-state index is 12.1. The summed E-state index contributed by atoms with van der Waals surface area (Å²) < 4.78 is 29.2. The van der Waals surface area contributed by atoms with Crippen LogP contribution in [0.4, 0.5) is 4.79 Å². The molecule has 0 atom stereocenters.